The first-order valence-electron chi connectivity index (χ1n) is 4.13. The van der Waals surface area contributed by atoms with E-state index in [1.165, 1.54) is 0 Å². The number of aromatic nitrogens is 2. The van der Waals surface area contributed by atoms with Crippen LogP contribution in [-0.2, 0) is 0 Å². The van der Waals surface area contributed by atoms with Crippen LogP contribution in [0, 0.1) is 6.92 Å². The van der Waals surface area contributed by atoms with Crippen molar-refractivity contribution in [3.8, 4) is 10.6 Å². The molecule has 14 heavy (non-hydrogen) atoms. The third-order valence-electron chi connectivity index (χ3n) is 1.83. The van der Waals surface area contributed by atoms with Crippen LogP contribution in [-0.4, -0.2) is 16.3 Å². The summed E-state index contributed by atoms with van der Waals surface area (Å²) < 4.78 is 0. The van der Waals surface area contributed by atoms with Crippen LogP contribution in [0.3, 0.4) is 0 Å². The highest BCUT2D eigenvalue weighted by Crippen LogP contribution is 2.26. The van der Waals surface area contributed by atoms with Gasteiger partial charge >= 0.3 is 0 Å². The molecule has 0 atom stereocenters. The Labute approximate surface area is 85.5 Å². The summed E-state index contributed by atoms with van der Waals surface area (Å²) in [4.78, 5) is 20.0. The molecule has 0 aromatic carbocycles. The summed E-state index contributed by atoms with van der Waals surface area (Å²) in [5.74, 6) is 0. The first-order chi connectivity index (χ1) is 6.81. The van der Waals surface area contributed by atoms with Crippen molar-refractivity contribution < 1.29 is 4.79 Å². The summed E-state index contributed by atoms with van der Waals surface area (Å²) in [5.41, 5.74) is 1.44. The van der Waals surface area contributed by atoms with Crippen molar-refractivity contribution in [1.82, 2.24) is 9.97 Å². The number of carbonyl (C=O) groups is 1. The van der Waals surface area contributed by atoms with E-state index in [0.717, 1.165) is 21.7 Å². The monoisotopic (exact) mass is 204 g/mol. The molecule has 0 spiro atoms. The zero-order valence-corrected chi connectivity index (χ0v) is 8.41. The number of nitrogens with zero attached hydrogens (tertiary/aromatic N) is 2. The minimum absolute atomic E-state index is 0.585. The lowest BCUT2D eigenvalue weighted by atomic mass is 10.2. The minimum Gasteiger partial charge on any atom is -0.298 e. The maximum atomic E-state index is 10.7. The van der Waals surface area contributed by atoms with E-state index in [1.807, 2.05) is 13.0 Å². The Kier molecular flexibility index (Phi) is 2.37. The second-order valence-electron chi connectivity index (χ2n) is 2.86. The van der Waals surface area contributed by atoms with Crippen molar-refractivity contribution in [3.05, 3.63) is 35.1 Å². The predicted molar refractivity (Wildman–Crippen MR) is 55.5 cm³/mol. The Morgan fingerprint density at radius 1 is 1.43 bits per heavy atom. The van der Waals surface area contributed by atoms with Gasteiger partial charge in [-0.3, -0.25) is 9.78 Å². The van der Waals surface area contributed by atoms with E-state index in [9.17, 15) is 4.79 Å². The number of thiazole rings is 1. The summed E-state index contributed by atoms with van der Waals surface area (Å²) in [6, 6.07) is 1.81. The lowest BCUT2D eigenvalue weighted by Gasteiger charge is -1.97. The molecule has 0 fully saturated rings. The van der Waals surface area contributed by atoms with Crippen molar-refractivity contribution in [2.75, 3.05) is 0 Å². The van der Waals surface area contributed by atoms with E-state index in [-0.39, 0.29) is 0 Å². The highest BCUT2D eigenvalue weighted by Gasteiger charge is 2.07. The maximum absolute atomic E-state index is 10.7. The molecule has 2 heterocycles. The first-order valence-corrected chi connectivity index (χ1v) is 4.95. The molecule has 0 aliphatic heterocycles. The highest BCUT2D eigenvalue weighted by molar-refractivity contribution is 7.15. The fourth-order valence-electron chi connectivity index (χ4n) is 1.17. The highest BCUT2D eigenvalue weighted by atomic mass is 32.1. The lowest BCUT2D eigenvalue weighted by Crippen LogP contribution is -1.87. The van der Waals surface area contributed by atoms with Gasteiger partial charge in [-0.2, -0.15) is 0 Å². The number of rotatable bonds is 2. The van der Waals surface area contributed by atoms with Crippen LogP contribution < -0.4 is 0 Å². The molecule has 0 N–H and O–H groups in total. The number of aldehydes is 1. The summed E-state index contributed by atoms with van der Waals surface area (Å²) in [6.45, 7) is 1.99. The van der Waals surface area contributed by atoms with Crippen LogP contribution in [0.25, 0.3) is 10.6 Å². The van der Waals surface area contributed by atoms with Crippen molar-refractivity contribution in [3.63, 3.8) is 0 Å². The average molecular weight is 204 g/mol. The van der Waals surface area contributed by atoms with E-state index in [2.05, 4.69) is 9.97 Å². The fraction of sp³-hybridized carbons (Fsp3) is 0.100. The smallest absolute Gasteiger partial charge is 0.152 e. The SMILES string of the molecule is Cc1cnc(-c2ccncc2C=O)s1. The summed E-state index contributed by atoms with van der Waals surface area (Å²) in [7, 11) is 0. The van der Waals surface area contributed by atoms with Crippen LogP contribution in [0.1, 0.15) is 15.2 Å². The fourth-order valence-corrected chi connectivity index (χ4v) is 1.99. The first kappa shape index (κ1) is 9.02. The molecular weight excluding hydrogens is 196 g/mol. The molecule has 0 saturated carbocycles. The predicted octanol–water partition coefficient (Wildman–Crippen LogP) is 2.33. The zero-order chi connectivity index (χ0) is 9.97. The number of hydrogen-bond acceptors (Lipinski definition) is 4. The van der Waals surface area contributed by atoms with Gasteiger partial charge in [-0.1, -0.05) is 0 Å². The number of hydrogen-bond donors (Lipinski definition) is 0. The number of carbonyl (C=O) groups excluding carboxylic acids is 1. The van der Waals surface area contributed by atoms with Crippen molar-refractivity contribution in [1.29, 1.82) is 0 Å². The Bertz CT molecular complexity index is 465. The van der Waals surface area contributed by atoms with Gasteiger partial charge < -0.3 is 0 Å². The molecule has 0 aliphatic rings. The topological polar surface area (TPSA) is 42.9 Å². The van der Waals surface area contributed by atoms with Crippen molar-refractivity contribution in [2.24, 2.45) is 0 Å². The van der Waals surface area contributed by atoms with Gasteiger partial charge in [0.15, 0.2) is 6.29 Å². The van der Waals surface area contributed by atoms with Crippen LogP contribution in [0.2, 0.25) is 0 Å². The van der Waals surface area contributed by atoms with E-state index in [1.54, 1.807) is 29.9 Å². The van der Waals surface area contributed by atoms with E-state index < -0.39 is 0 Å². The van der Waals surface area contributed by atoms with Crippen LogP contribution in [0.15, 0.2) is 24.7 Å². The van der Waals surface area contributed by atoms with Crippen molar-refractivity contribution in [2.45, 2.75) is 6.92 Å². The minimum atomic E-state index is 0.585. The summed E-state index contributed by atoms with van der Waals surface area (Å²) in [6.07, 6.45) is 5.83. The summed E-state index contributed by atoms with van der Waals surface area (Å²) in [5, 5.41) is 0.868. The van der Waals surface area contributed by atoms with Gasteiger partial charge in [-0.05, 0) is 13.0 Å². The molecule has 0 unspecified atom stereocenters. The van der Waals surface area contributed by atoms with Gasteiger partial charge in [-0.15, -0.1) is 11.3 Å². The normalized spacial score (nSPS) is 10.1. The quantitative estimate of drug-likeness (QED) is 0.705. The average Bonchev–Trinajstić information content (AvgIpc) is 2.65. The Hall–Kier alpha value is -1.55. The second kappa shape index (κ2) is 3.67. The maximum Gasteiger partial charge on any atom is 0.152 e. The van der Waals surface area contributed by atoms with Gasteiger partial charge in [0.1, 0.15) is 5.01 Å². The van der Waals surface area contributed by atoms with Crippen LogP contribution >= 0.6 is 11.3 Å². The molecule has 0 amide bonds. The van der Waals surface area contributed by atoms with Gasteiger partial charge in [0.05, 0.1) is 0 Å². The number of aryl methyl sites for hydroxylation is 1. The van der Waals surface area contributed by atoms with E-state index in [0.29, 0.717) is 5.56 Å². The molecule has 0 aliphatic carbocycles. The van der Waals surface area contributed by atoms with Gasteiger partial charge in [-0.25, -0.2) is 4.98 Å². The molecule has 0 saturated heterocycles. The Balaban J connectivity index is 2.55. The molecular formula is C10H8N2OS. The zero-order valence-electron chi connectivity index (χ0n) is 7.60. The van der Waals surface area contributed by atoms with Gasteiger partial charge in [0.2, 0.25) is 0 Å². The van der Waals surface area contributed by atoms with Gasteiger partial charge in [0, 0.05) is 34.6 Å². The number of pyridine rings is 1. The molecule has 2 rings (SSSR count). The lowest BCUT2D eigenvalue weighted by molar-refractivity contribution is 0.112. The Morgan fingerprint density at radius 3 is 2.93 bits per heavy atom. The standard InChI is InChI=1S/C10H8N2OS/c1-7-4-12-10(14-7)9-2-3-11-5-8(9)6-13/h2-6H,1H3. The van der Waals surface area contributed by atoms with Crippen LogP contribution in [0.4, 0.5) is 0 Å². The third kappa shape index (κ3) is 1.56. The largest absolute Gasteiger partial charge is 0.298 e. The van der Waals surface area contributed by atoms with E-state index in [4.69, 9.17) is 0 Å². The molecule has 3 nitrogen and oxygen atoms in total. The van der Waals surface area contributed by atoms with Crippen molar-refractivity contribution >= 4 is 17.6 Å². The van der Waals surface area contributed by atoms with Crippen LogP contribution in [0.5, 0.6) is 0 Å². The van der Waals surface area contributed by atoms with Gasteiger partial charge in [0.25, 0.3) is 0 Å². The Morgan fingerprint density at radius 2 is 2.29 bits per heavy atom. The third-order valence-corrected chi connectivity index (χ3v) is 2.78. The molecule has 2 aromatic heterocycles. The molecule has 0 bridgehead atoms. The molecule has 0 radical (unpaired) electrons. The molecule has 2 aromatic rings. The second-order valence-corrected chi connectivity index (χ2v) is 4.09. The molecule has 4 heteroatoms. The molecule has 70 valence electrons. The summed E-state index contributed by atoms with van der Waals surface area (Å²) >= 11 is 1.57. The van der Waals surface area contributed by atoms with E-state index >= 15 is 0 Å².